The lowest BCUT2D eigenvalue weighted by atomic mass is 10.1. The van der Waals surface area contributed by atoms with Crippen molar-refractivity contribution in [2.24, 2.45) is 0 Å². The standard InChI is InChI=1S/C30H35N3O3/c1-35-25-16-18-26(19-17-25)36-22-10-21-33-28-14-8-7-13-27(28)32-29(33)15-6-3-9-20-31-30(34)23-24-11-4-2-5-12-24/h2,4-5,7-8,11-14,16-19H,3,6,9-10,15,20-23H2,1H3,(H,31,34). The van der Waals surface area contributed by atoms with E-state index in [2.05, 4.69) is 28.1 Å². The van der Waals surface area contributed by atoms with Crippen LogP contribution in [0.4, 0.5) is 0 Å². The van der Waals surface area contributed by atoms with Crippen LogP contribution in [0.15, 0.2) is 78.9 Å². The van der Waals surface area contributed by atoms with Crippen molar-refractivity contribution in [2.75, 3.05) is 20.3 Å². The Hall–Kier alpha value is -3.80. The molecule has 1 aromatic heterocycles. The first-order valence-electron chi connectivity index (χ1n) is 12.7. The van der Waals surface area contributed by atoms with Gasteiger partial charge in [0.2, 0.25) is 5.91 Å². The third kappa shape index (κ3) is 7.35. The molecule has 1 amide bonds. The maximum atomic E-state index is 12.1. The highest BCUT2D eigenvalue weighted by atomic mass is 16.5. The summed E-state index contributed by atoms with van der Waals surface area (Å²) in [5, 5.41) is 3.04. The van der Waals surface area contributed by atoms with Crippen LogP contribution >= 0.6 is 0 Å². The molecule has 0 saturated carbocycles. The number of methoxy groups -OCH3 is 1. The van der Waals surface area contributed by atoms with Crippen LogP contribution in [0.2, 0.25) is 0 Å². The molecule has 0 aliphatic heterocycles. The summed E-state index contributed by atoms with van der Waals surface area (Å²) in [5.74, 6) is 2.88. The lowest BCUT2D eigenvalue weighted by Gasteiger charge is -2.11. The average Bonchev–Trinajstić information content (AvgIpc) is 3.26. The minimum absolute atomic E-state index is 0.0832. The fourth-order valence-corrected chi connectivity index (χ4v) is 4.31. The second-order valence-electron chi connectivity index (χ2n) is 8.87. The Morgan fingerprint density at radius 1 is 0.861 bits per heavy atom. The maximum absolute atomic E-state index is 12.1. The number of aryl methyl sites for hydroxylation is 2. The fraction of sp³-hybridized carbons (Fsp3) is 0.333. The highest BCUT2D eigenvalue weighted by molar-refractivity contribution is 5.78. The van der Waals surface area contributed by atoms with E-state index in [0.717, 1.165) is 67.1 Å². The van der Waals surface area contributed by atoms with E-state index in [1.54, 1.807) is 7.11 Å². The number of carbonyl (C=O) groups is 1. The van der Waals surface area contributed by atoms with Crippen molar-refractivity contribution in [3.63, 3.8) is 0 Å². The van der Waals surface area contributed by atoms with Gasteiger partial charge in [0.1, 0.15) is 17.3 Å². The molecule has 0 aliphatic carbocycles. The van der Waals surface area contributed by atoms with Gasteiger partial charge in [0, 0.05) is 19.5 Å². The van der Waals surface area contributed by atoms with Crippen molar-refractivity contribution < 1.29 is 14.3 Å². The number of aromatic nitrogens is 2. The third-order valence-corrected chi connectivity index (χ3v) is 6.19. The number of para-hydroxylation sites is 2. The fourth-order valence-electron chi connectivity index (χ4n) is 4.31. The predicted octanol–water partition coefficient (Wildman–Crippen LogP) is 5.59. The number of hydrogen-bond donors (Lipinski definition) is 1. The minimum atomic E-state index is 0.0832. The van der Waals surface area contributed by atoms with Gasteiger partial charge in [-0.1, -0.05) is 48.9 Å². The molecule has 0 atom stereocenters. The SMILES string of the molecule is COc1ccc(OCCCn2c(CCCCCNC(=O)Cc3ccccc3)nc3ccccc32)cc1. The van der Waals surface area contributed by atoms with Crippen LogP contribution in [0.1, 0.15) is 37.1 Å². The summed E-state index contributed by atoms with van der Waals surface area (Å²) < 4.78 is 13.4. The van der Waals surface area contributed by atoms with Crippen LogP contribution in [-0.4, -0.2) is 35.7 Å². The van der Waals surface area contributed by atoms with Crippen LogP contribution in [0, 0.1) is 0 Å². The summed E-state index contributed by atoms with van der Waals surface area (Å²) in [6.45, 7) is 2.22. The summed E-state index contributed by atoms with van der Waals surface area (Å²) >= 11 is 0. The highest BCUT2D eigenvalue weighted by Crippen LogP contribution is 2.20. The van der Waals surface area contributed by atoms with E-state index in [4.69, 9.17) is 14.5 Å². The zero-order valence-corrected chi connectivity index (χ0v) is 21.0. The number of nitrogens with one attached hydrogen (secondary N) is 1. The molecule has 4 aromatic rings. The second-order valence-corrected chi connectivity index (χ2v) is 8.87. The van der Waals surface area contributed by atoms with E-state index in [1.165, 1.54) is 5.52 Å². The normalized spacial score (nSPS) is 10.9. The van der Waals surface area contributed by atoms with Gasteiger partial charge in [-0.2, -0.15) is 0 Å². The van der Waals surface area contributed by atoms with Crippen LogP contribution in [0.5, 0.6) is 11.5 Å². The monoisotopic (exact) mass is 485 g/mol. The minimum Gasteiger partial charge on any atom is -0.497 e. The van der Waals surface area contributed by atoms with E-state index in [-0.39, 0.29) is 5.91 Å². The van der Waals surface area contributed by atoms with Crippen molar-refractivity contribution in [1.29, 1.82) is 0 Å². The van der Waals surface area contributed by atoms with Gasteiger partial charge in [0.25, 0.3) is 0 Å². The van der Waals surface area contributed by atoms with Gasteiger partial charge < -0.3 is 19.4 Å². The third-order valence-electron chi connectivity index (χ3n) is 6.19. The molecule has 0 aliphatic rings. The number of imidazole rings is 1. The van der Waals surface area contributed by atoms with Gasteiger partial charge in [0.15, 0.2) is 0 Å². The van der Waals surface area contributed by atoms with Gasteiger partial charge in [-0.15, -0.1) is 0 Å². The Bertz CT molecular complexity index is 1220. The number of ether oxygens (including phenoxy) is 2. The summed E-state index contributed by atoms with van der Waals surface area (Å²) in [5.41, 5.74) is 3.25. The first-order valence-corrected chi connectivity index (χ1v) is 12.7. The Morgan fingerprint density at radius 2 is 1.61 bits per heavy atom. The van der Waals surface area contributed by atoms with Gasteiger partial charge >= 0.3 is 0 Å². The van der Waals surface area contributed by atoms with E-state index in [9.17, 15) is 4.79 Å². The Balaban J connectivity index is 1.21. The largest absolute Gasteiger partial charge is 0.497 e. The number of amides is 1. The van der Waals surface area contributed by atoms with Gasteiger partial charge in [0.05, 0.1) is 31.2 Å². The van der Waals surface area contributed by atoms with E-state index in [0.29, 0.717) is 19.6 Å². The van der Waals surface area contributed by atoms with Crippen molar-refractivity contribution in [2.45, 2.75) is 45.1 Å². The van der Waals surface area contributed by atoms with Crippen LogP contribution in [-0.2, 0) is 24.2 Å². The number of carbonyl (C=O) groups excluding carboxylic acids is 1. The van der Waals surface area contributed by atoms with Gasteiger partial charge in [-0.25, -0.2) is 4.98 Å². The van der Waals surface area contributed by atoms with Crippen molar-refractivity contribution >= 4 is 16.9 Å². The molecule has 36 heavy (non-hydrogen) atoms. The smallest absolute Gasteiger partial charge is 0.224 e. The van der Waals surface area contributed by atoms with Crippen molar-refractivity contribution in [1.82, 2.24) is 14.9 Å². The predicted molar refractivity (Wildman–Crippen MR) is 144 cm³/mol. The first-order chi connectivity index (χ1) is 17.7. The van der Waals surface area contributed by atoms with Crippen LogP contribution in [0.25, 0.3) is 11.0 Å². The van der Waals surface area contributed by atoms with E-state index in [1.807, 2.05) is 60.7 Å². The van der Waals surface area contributed by atoms with Crippen LogP contribution < -0.4 is 14.8 Å². The van der Waals surface area contributed by atoms with Crippen LogP contribution in [0.3, 0.4) is 0 Å². The van der Waals surface area contributed by atoms with Crippen molar-refractivity contribution in [3.05, 3.63) is 90.3 Å². The molecule has 1 N–H and O–H groups in total. The molecule has 0 bridgehead atoms. The number of benzene rings is 3. The Kier molecular flexibility index (Phi) is 9.37. The Labute approximate surface area is 213 Å². The molecule has 188 valence electrons. The Morgan fingerprint density at radius 3 is 2.42 bits per heavy atom. The molecule has 0 saturated heterocycles. The summed E-state index contributed by atoms with van der Waals surface area (Å²) in [4.78, 5) is 17.0. The molecule has 0 unspecified atom stereocenters. The summed E-state index contributed by atoms with van der Waals surface area (Å²) in [7, 11) is 1.66. The number of rotatable bonds is 14. The number of unbranched alkanes of at least 4 members (excludes halogenated alkanes) is 2. The quantitative estimate of drug-likeness (QED) is 0.237. The molecular weight excluding hydrogens is 450 g/mol. The molecule has 6 heteroatoms. The number of fused-ring (bicyclic) bond motifs is 1. The highest BCUT2D eigenvalue weighted by Gasteiger charge is 2.10. The van der Waals surface area contributed by atoms with E-state index >= 15 is 0 Å². The maximum Gasteiger partial charge on any atom is 0.224 e. The zero-order chi connectivity index (χ0) is 25.0. The molecule has 6 nitrogen and oxygen atoms in total. The van der Waals surface area contributed by atoms with E-state index < -0.39 is 0 Å². The lowest BCUT2D eigenvalue weighted by Crippen LogP contribution is -2.26. The molecule has 0 spiro atoms. The zero-order valence-electron chi connectivity index (χ0n) is 21.0. The molecular formula is C30H35N3O3. The molecule has 0 fully saturated rings. The molecule has 4 rings (SSSR count). The second kappa shape index (κ2) is 13.3. The molecule has 1 heterocycles. The molecule has 0 radical (unpaired) electrons. The van der Waals surface area contributed by atoms with Gasteiger partial charge in [-0.05, 0) is 61.2 Å². The topological polar surface area (TPSA) is 65.4 Å². The number of hydrogen-bond acceptors (Lipinski definition) is 4. The van der Waals surface area contributed by atoms with Crippen molar-refractivity contribution in [3.8, 4) is 11.5 Å². The molecule has 3 aromatic carbocycles. The summed E-state index contributed by atoms with van der Waals surface area (Å²) in [6, 6.07) is 25.8. The lowest BCUT2D eigenvalue weighted by molar-refractivity contribution is -0.120. The number of nitrogens with zero attached hydrogens (tertiary/aromatic N) is 2. The average molecular weight is 486 g/mol. The van der Waals surface area contributed by atoms with Gasteiger partial charge in [-0.3, -0.25) is 4.79 Å². The summed E-state index contributed by atoms with van der Waals surface area (Å²) in [6.07, 6.45) is 5.32. The first kappa shape index (κ1) is 25.3.